The first kappa shape index (κ1) is 14.2. The molecule has 1 amide bonds. The van der Waals surface area contributed by atoms with Gasteiger partial charge in [-0.15, -0.1) is 0 Å². The van der Waals surface area contributed by atoms with Crippen molar-refractivity contribution in [1.82, 2.24) is 14.9 Å². The van der Waals surface area contributed by atoms with Gasteiger partial charge in [0.15, 0.2) is 0 Å². The van der Waals surface area contributed by atoms with Gasteiger partial charge in [-0.2, -0.15) is 0 Å². The van der Waals surface area contributed by atoms with Crippen molar-refractivity contribution in [2.75, 3.05) is 18.0 Å². The SMILES string of the molecule is Cc1cc(N2CC3CC(C2)N3C(=O)c2ccccc2)nc(C)n1. The van der Waals surface area contributed by atoms with Crippen LogP contribution in [0.25, 0.3) is 0 Å². The molecular weight excluding hydrogens is 288 g/mol. The number of aromatic nitrogens is 2. The van der Waals surface area contributed by atoms with E-state index >= 15 is 0 Å². The second-order valence-electron chi connectivity index (χ2n) is 6.44. The lowest BCUT2D eigenvalue weighted by molar-refractivity contribution is 0.00575. The second-order valence-corrected chi connectivity index (χ2v) is 6.44. The number of hydrogen-bond acceptors (Lipinski definition) is 4. The van der Waals surface area contributed by atoms with Crippen LogP contribution in [0.5, 0.6) is 0 Å². The van der Waals surface area contributed by atoms with Crippen molar-refractivity contribution < 1.29 is 4.79 Å². The number of fused-ring (bicyclic) bond motifs is 2. The molecule has 5 rings (SSSR count). The number of anilines is 1. The molecule has 2 unspecified atom stereocenters. The number of aryl methyl sites for hydroxylation is 2. The number of hydrogen-bond donors (Lipinski definition) is 0. The van der Waals surface area contributed by atoms with Gasteiger partial charge in [0.1, 0.15) is 11.6 Å². The molecule has 0 aliphatic carbocycles. The highest BCUT2D eigenvalue weighted by molar-refractivity contribution is 5.95. The number of carbonyl (C=O) groups excluding carboxylic acids is 1. The summed E-state index contributed by atoms with van der Waals surface area (Å²) in [6.07, 6.45) is 1.10. The molecule has 3 fully saturated rings. The van der Waals surface area contributed by atoms with E-state index in [9.17, 15) is 4.79 Å². The van der Waals surface area contributed by atoms with Gasteiger partial charge in [0, 0.05) is 30.4 Å². The van der Waals surface area contributed by atoms with Crippen LogP contribution in [0.15, 0.2) is 36.4 Å². The lowest BCUT2D eigenvalue weighted by atomic mass is 9.86. The van der Waals surface area contributed by atoms with Crippen molar-refractivity contribution in [3.63, 3.8) is 0 Å². The molecule has 1 aromatic carbocycles. The molecule has 3 saturated heterocycles. The summed E-state index contributed by atoms with van der Waals surface area (Å²) < 4.78 is 0. The van der Waals surface area contributed by atoms with Crippen LogP contribution in [0.1, 0.15) is 28.3 Å². The van der Waals surface area contributed by atoms with Crippen LogP contribution >= 0.6 is 0 Å². The fraction of sp³-hybridized carbons (Fsp3) is 0.389. The molecule has 3 aliphatic heterocycles. The Bertz CT molecular complexity index is 714. The van der Waals surface area contributed by atoms with Crippen molar-refractivity contribution >= 4 is 11.7 Å². The minimum atomic E-state index is 0.154. The smallest absolute Gasteiger partial charge is 0.254 e. The van der Waals surface area contributed by atoms with Crippen molar-refractivity contribution in [3.05, 3.63) is 53.5 Å². The van der Waals surface area contributed by atoms with E-state index in [0.29, 0.717) is 0 Å². The fourth-order valence-corrected chi connectivity index (χ4v) is 3.72. The van der Waals surface area contributed by atoms with Gasteiger partial charge in [-0.25, -0.2) is 9.97 Å². The number of amides is 1. The summed E-state index contributed by atoms with van der Waals surface area (Å²) >= 11 is 0. The lowest BCUT2D eigenvalue weighted by Crippen LogP contribution is -2.70. The number of piperidine rings is 1. The topological polar surface area (TPSA) is 49.3 Å². The third-order valence-electron chi connectivity index (χ3n) is 4.72. The van der Waals surface area contributed by atoms with Gasteiger partial charge in [0.05, 0.1) is 12.1 Å². The Morgan fingerprint density at radius 3 is 2.43 bits per heavy atom. The zero-order valence-corrected chi connectivity index (χ0v) is 13.4. The average molecular weight is 308 g/mol. The number of rotatable bonds is 2. The van der Waals surface area contributed by atoms with E-state index < -0.39 is 0 Å². The van der Waals surface area contributed by atoms with Crippen LogP contribution in [0.2, 0.25) is 0 Å². The van der Waals surface area contributed by atoms with Crippen molar-refractivity contribution in [2.45, 2.75) is 32.4 Å². The minimum Gasteiger partial charge on any atom is -0.352 e. The third-order valence-corrected chi connectivity index (χ3v) is 4.72. The first-order valence-corrected chi connectivity index (χ1v) is 8.07. The van der Waals surface area contributed by atoms with Gasteiger partial charge < -0.3 is 9.80 Å². The average Bonchev–Trinajstić information content (AvgIpc) is 2.55. The Morgan fingerprint density at radius 2 is 1.78 bits per heavy atom. The van der Waals surface area contributed by atoms with E-state index in [1.165, 1.54) is 0 Å². The molecular formula is C18H20N4O. The highest BCUT2D eigenvalue weighted by Gasteiger charge is 2.47. The van der Waals surface area contributed by atoms with Gasteiger partial charge in [0.25, 0.3) is 5.91 Å². The molecule has 3 aliphatic rings. The normalized spacial score (nSPS) is 22.7. The predicted molar refractivity (Wildman–Crippen MR) is 88.5 cm³/mol. The number of benzene rings is 1. The van der Waals surface area contributed by atoms with Gasteiger partial charge >= 0.3 is 0 Å². The fourth-order valence-electron chi connectivity index (χ4n) is 3.72. The van der Waals surface area contributed by atoms with Crippen LogP contribution in [0.3, 0.4) is 0 Å². The Hall–Kier alpha value is -2.43. The summed E-state index contributed by atoms with van der Waals surface area (Å²) in [6, 6.07) is 12.2. The largest absolute Gasteiger partial charge is 0.352 e. The zero-order chi connectivity index (χ0) is 16.0. The van der Waals surface area contributed by atoms with Gasteiger partial charge in [-0.1, -0.05) is 18.2 Å². The van der Waals surface area contributed by atoms with Crippen molar-refractivity contribution in [1.29, 1.82) is 0 Å². The molecule has 5 heteroatoms. The van der Waals surface area contributed by atoms with E-state index in [4.69, 9.17) is 0 Å². The Labute approximate surface area is 136 Å². The Balaban J connectivity index is 1.51. The maximum atomic E-state index is 12.7. The monoisotopic (exact) mass is 308 g/mol. The molecule has 0 radical (unpaired) electrons. The van der Waals surface area contributed by atoms with E-state index in [-0.39, 0.29) is 18.0 Å². The van der Waals surface area contributed by atoms with Crippen molar-refractivity contribution in [3.8, 4) is 0 Å². The predicted octanol–water partition coefficient (Wildman–Crippen LogP) is 2.20. The van der Waals surface area contributed by atoms with Gasteiger partial charge in [-0.05, 0) is 32.4 Å². The van der Waals surface area contributed by atoms with Crippen molar-refractivity contribution in [2.24, 2.45) is 0 Å². The molecule has 0 N–H and O–H groups in total. The number of carbonyl (C=O) groups is 1. The molecule has 2 bridgehead atoms. The summed E-state index contributed by atoms with van der Waals surface area (Å²) in [4.78, 5) is 25.9. The Morgan fingerprint density at radius 1 is 1.09 bits per heavy atom. The van der Waals surface area contributed by atoms with Crippen LogP contribution < -0.4 is 4.90 Å². The zero-order valence-electron chi connectivity index (χ0n) is 13.4. The molecule has 2 atom stereocenters. The van der Waals surface area contributed by atoms with E-state index in [1.54, 1.807) is 0 Å². The molecule has 0 spiro atoms. The lowest BCUT2D eigenvalue weighted by Gasteiger charge is -2.56. The summed E-state index contributed by atoms with van der Waals surface area (Å²) in [5.41, 5.74) is 1.77. The van der Waals surface area contributed by atoms with E-state index in [1.807, 2.05) is 55.1 Å². The molecule has 1 aromatic heterocycles. The molecule has 118 valence electrons. The summed E-state index contributed by atoms with van der Waals surface area (Å²) in [5, 5.41) is 0. The second kappa shape index (κ2) is 5.33. The molecule has 0 saturated carbocycles. The highest BCUT2D eigenvalue weighted by atomic mass is 16.2. The standard InChI is InChI=1S/C18H20N4O/c1-12-8-17(20-13(2)19-12)21-10-15-9-16(11-21)22(15)18(23)14-6-4-3-5-7-14/h3-8,15-16H,9-11H2,1-2H3. The first-order valence-electron chi connectivity index (χ1n) is 8.07. The van der Waals surface area contributed by atoms with Crippen LogP contribution in [0.4, 0.5) is 5.82 Å². The quantitative estimate of drug-likeness (QED) is 0.853. The van der Waals surface area contributed by atoms with Gasteiger partial charge in [-0.3, -0.25) is 4.79 Å². The molecule has 5 nitrogen and oxygen atoms in total. The van der Waals surface area contributed by atoms with Gasteiger partial charge in [0.2, 0.25) is 0 Å². The summed E-state index contributed by atoms with van der Waals surface area (Å²) in [5.74, 6) is 1.94. The first-order chi connectivity index (χ1) is 11.1. The highest BCUT2D eigenvalue weighted by Crippen LogP contribution is 2.35. The summed E-state index contributed by atoms with van der Waals surface area (Å²) in [7, 11) is 0. The maximum absolute atomic E-state index is 12.7. The van der Waals surface area contributed by atoms with E-state index in [0.717, 1.165) is 42.4 Å². The molecule has 4 heterocycles. The Kier molecular flexibility index (Phi) is 3.29. The number of piperazine rings is 1. The van der Waals surface area contributed by atoms with E-state index in [2.05, 4.69) is 14.9 Å². The van der Waals surface area contributed by atoms with Crippen LogP contribution in [-0.2, 0) is 0 Å². The van der Waals surface area contributed by atoms with Crippen LogP contribution in [-0.4, -0.2) is 45.9 Å². The third kappa shape index (κ3) is 2.46. The maximum Gasteiger partial charge on any atom is 0.254 e. The molecule has 2 aromatic rings. The number of nitrogens with zero attached hydrogens (tertiary/aromatic N) is 4. The minimum absolute atomic E-state index is 0.154. The summed E-state index contributed by atoms with van der Waals surface area (Å²) in [6.45, 7) is 5.62. The van der Waals surface area contributed by atoms with Crippen LogP contribution in [0, 0.1) is 13.8 Å². The molecule has 23 heavy (non-hydrogen) atoms.